The Labute approximate surface area is 155 Å². The van der Waals surface area contributed by atoms with Crippen molar-refractivity contribution in [3.05, 3.63) is 53.2 Å². The molecule has 1 aliphatic rings. The van der Waals surface area contributed by atoms with Gasteiger partial charge in [0.15, 0.2) is 0 Å². The number of rotatable bonds is 4. The number of carbonyl (C=O) groups is 1. The van der Waals surface area contributed by atoms with E-state index in [1.807, 2.05) is 40.6 Å². The second-order valence-corrected chi connectivity index (χ2v) is 7.19. The van der Waals surface area contributed by atoms with Crippen molar-refractivity contribution < 1.29 is 13.9 Å². The summed E-state index contributed by atoms with van der Waals surface area (Å²) in [5.41, 5.74) is 0.634. The molecule has 0 aliphatic carbocycles. The van der Waals surface area contributed by atoms with E-state index in [0.29, 0.717) is 29.6 Å². The average Bonchev–Trinajstić information content (AvgIpc) is 3.39. The summed E-state index contributed by atoms with van der Waals surface area (Å²) in [7, 11) is 1.60. The highest BCUT2D eigenvalue weighted by Crippen LogP contribution is 2.30. The van der Waals surface area contributed by atoms with Crippen LogP contribution >= 0.6 is 11.3 Å². The Kier molecular flexibility index (Phi) is 4.71. The van der Waals surface area contributed by atoms with Crippen molar-refractivity contribution in [1.82, 2.24) is 15.1 Å². The fraction of sp³-hybridized carbons (Fsp3) is 0.316. The number of nitrogens with zero attached hydrogens (tertiary/aromatic N) is 3. The molecule has 4 rings (SSSR count). The second kappa shape index (κ2) is 7.29. The van der Waals surface area contributed by atoms with Crippen LogP contribution in [0.25, 0.3) is 10.8 Å². The van der Waals surface area contributed by atoms with Crippen LogP contribution in [0.4, 0.5) is 0 Å². The van der Waals surface area contributed by atoms with Crippen molar-refractivity contribution >= 4 is 17.2 Å². The lowest BCUT2D eigenvalue weighted by Crippen LogP contribution is -2.39. The number of carbonyl (C=O) groups excluding carboxylic acids is 1. The Morgan fingerprint density at radius 3 is 3.04 bits per heavy atom. The molecule has 3 heterocycles. The van der Waals surface area contributed by atoms with E-state index in [0.717, 1.165) is 24.3 Å². The summed E-state index contributed by atoms with van der Waals surface area (Å²) in [5.74, 6) is 1.91. The summed E-state index contributed by atoms with van der Waals surface area (Å²) >= 11 is 1.57. The second-order valence-electron chi connectivity index (χ2n) is 6.25. The van der Waals surface area contributed by atoms with Gasteiger partial charge in [0.25, 0.3) is 11.8 Å². The highest BCUT2D eigenvalue weighted by atomic mass is 32.1. The average molecular weight is 369 g/mol. The van der Waals surface area contributed by atoms with Crippen LogP contribution in [0, 0.1) is 0 Å². The number of hydrogen-bond donors (Lipinski definition) is 0. The van der Waals surface area contributed by atoms with Gasteiger partial charge in [-0.3, -0.25) is 4.79 Å². The van der Waals surface area contributed by atoms with Gasteiger partial charge in [-0.15, -0.1) is 21.5 Å². The monoisotopic (exact) mass is 369 g/mol. The maximum absolute atomic E-state index is 12.8. The molecule has 1 saturated heterocycles. The molecule has 1 atom stereocenters. The van der Waals surface area contributed by atoms with E-state index >= 15 is 0 Å². The molecular weight excluding hydrogens is 350 g/mol. The van der Waals surface area contributed by atoms with Gasteiger partial charge in [0, 0.05) is 18.7 Å². The zero-order valence-electron chi connectivity index (χ0n) is 14.4. The largest absolute Gasteiger partial charge is 0.497 e. The highest BCUT2D eigenvalue weighted by molar-refractivity contribution is 7.13. The number of ether oxygens (including phenoxy) is 1. The minimum absolute atomic E-state index is 0.00611. The van der Waals surface area contributed by atoms with E-state index < -0.39 is 0 Å². The smallest absolute Gasteiger partial charge is 0.257 e. The molecule has 1 unspecified atom stereocenters. The zero-order valence-corrected chi connectivity index (χ0v) is 15.2. The lowest BCUT2D eigenvalue weighted by molar-refractivity contribution is 0.0698. The fourth-order valence-corrected chi connectivity index (χ4v) is 3.85. The Morgan fingerprint density at radius 1 is 1.31 bits per heavy atom. The highest BCUT2D eigenvalue weighted by Gasteiger charge is 2.29. The summed E-state index contributed by atoms with van der Waals surface area (Å²) in [6.07, 6.45) is 1.85. The number of piperidine rings is 1. The molecule has 1 amide bonds. The van der Waals surface area contributed by atoms with Crippen LogP contribution < -0.4 is 4.74 Å². The van der Waals surface area contributed by atoms with Gasteiger partial charge >= 0.3 is 0 Å². The molecule has 3 aromatic rings. The Balaban J connectivity index is 1.49. The minimum atomic E-state index is 0.00611. The van der Waals surface area contributed by atoms with Crippen molar-refractivity contribution in [3.8, 4) is 16.5 Å². The van der Waals surface area contributed by atoms with E-state index in [1.54, 1.807) is 24.5 Å². The molecule has 0 bridgehead atoms. The first kappa shape index (κ1) is 16.8. The molecular formula is C19H19N3O3S. The molecule has 0 radical (unpaired) electrons. The molecule has 2 aromatic heterocycles. The molecule has 26 heavy (non-hydrogen) atoms. The molecule has 6 nitrogen and oxygen atoms in total. The summed E-state index contributed by atoms with van der Waals surface area (Å²) in [4.78, 5) is 15.7. The van der Waals surface area contributed by atoms with Crippen molar-refractivity contribution in [1.29, 1.82) is 0 Å². The van der Waals surface area contributed by atoms with Crippen molar-refractivity contribution in [3.63, 3.8) is 0 Å². The van der Waals surface area contributed by atoms with E-state index in [2.05, 4.69) is 10.2 Å². The standard InChI is InChI=1S/C19H19N3O3S/c1-24-15-7-2-5-13(11-15)19(23)22-9-3-6-14(12-22)17-20-21-18(25-17)16-8-4-10-26-16/h2,4-5,7-8,10-11,14H,3,6,9,12H2,1H3. The predicted molar refractivity (Wildman–Crippen MR) is 98.5 cm³/mol. The molecule has 0 saturated carbocycles. The van der Waals surface area contributed by atoms with Crippen molar-refractivity contribution in [2.45, 2.75) is 18.8 Å². The molecule has 1 fully saturated rings. The van der Waals surface area contributed by atoms with Gasteiger partial charge in [-0.05, 0) is 42.5 Å². The van der Waals surface area contributed by atoms with Crippen LogP contribution in [0.5, 0.6) is 5.75 Å². The zero-order chi connectivity index (χ0) is 17.9. The summed E-state index contributed by atoms with van der Waals surface area (Å²) in [6.45, 7) is 1.32. The van der Waals surface area contributed by atoms with Crippen LogP contribution in [0.2, 0.25) is 0 Å². The molecule has 134 valence electrons. The summed E-state index contributed by atoms with van der Waals surface area (Å²) < 4.78 is 11.1. The van der Waals surface area contributed by atoms with Crippen LogP contribution in [0.15, 0.2) is 46.2 Å². The Hall–Kier alpha value is -2.67. The van der Waals surface area contributed by atoms with Crippen molar-refractivity contribution in [2.75, 3.05) is 20.2 Å². The van der Waals surface area contributed by atoms with Crippen LogP contribution in [0.1, 0.15) is 35.0 Å². The van der Waals surface area contributed by atoms with Gasteiger partial charge in [-0.1, -0.05) is 12.1 Å². The molecule has 1 aromatic carbocycles. The summed E-state index contributed by atoms with van der Waals surface area (Å²) in [5, 5.41) is 10.4. The third kappa shape index (κ3) is 3.35. The number of amides is 1. The molecule has 1 aliphatic heterocycles. The fourth-order valence-electron chi connectivity index (χ4n) is 3.20. The first-order valence-electron chi connectivity index (χ1n) is 8.55. The van der Waals surface area contributed by atoms with Gasteiger partial charge in [-0.2, -0.15) is 0 Å². The van der Waals surface area contributed by atoms with E-state index in [9.17, 15) is 4.79 Å². The number of hydrogen-bond acceptors (Lipinski definition) is 6. The van der Waals surface area contributed by atoms with Gasteiger partial charge in [0.2, 0.25) is 5.89 Å². The first-order chi connectivity index (χ1) is 12.7. The number of benzene rings is 1. The quantitative estimate of drug-likeness (QED) is 0.699. The third-order valence-corrected chi connectivity index (χ3v) is 5.40. The number of thiophene rings is 1. The maximum Gasteiger partial charge on any atom is 0.257 e. The van der Waals surface area contributed by atoms with E-state index in [-0.39, 0.29) is 11.8 Å². The maximum atomic E-state index is 12.8. The van der Waals surface area contributed by atoms with Gasteiger partial charge in [0.05, 0.1) is 17.9 Å². The number of methoxy groups -OCH3 is 1. The topological polar surface area (TPSA) is 68.5 Å². The number of aromatic nitrogens is 2. The normalized spacial score (nSPS) is 17.3. The van der Waals surface area contributed by atoms with Crippen LogP contribution in [-0.2, 0) is 0 Å². The van der Waals surface area contributed by atoms with Crippen LogP contribution in [-0.4, -0.2) is 41.2 Å². The predicted octanol–water partition coefficient (Wildman–Crippen LogP) is 3.83. The Bertz CT molecular complexity index is 891. The number of likely N-dealkylation sites (tertiary alicyclic amines) is 1. The minimum Gasteiger partial charge on any atom is -0.497 e. The van der Waals surface area contributed by atoms with Gasteiger partial charge < -0.3 is 14.1 Å². The van der Waals surface area contributed by atoms with Crippen LogP contribution in [0.3, 0.4) is 0 Å². The molecule has 0 spiro atoms. The third-order valence-electron chi connectivity index (χ3n) is 4.55. The van der Waals surface area contributed by atoms with E-state index in [1.165, 1.54) is 0 Å². The first-order valence-corrected chi connectivity index (χ1v) is 9.43. The summed E-state index contributed by atoms with van der Waals surface area (Å²) in [6, 6.07) is 11.2. The lowest BCUT2D eigenvalue weighted by Gasteiger charge is -2.31. The van der Waals surface area contributed by atoms with E-state index in [4.69, 9.17) is 9.15 Å². The lowest BCUT2D eigenvalue weighted by atomic mass is 9.97. The Morgan fingerprint density at radius 2 is 2.23 bits per heavy atom. The SMILES string of the molecule is COc1cccc(C(=O)N2CCCC(c3nnc(-c4cccs4)o3)C2)c1. The van der Waals surface area contributed by atoms with Crippen molar-refractivity contribution in [2.24, 2.45) is 0 Å². The van der Waals surface area contributed by atoms with Gasteiger partial charge in [-0.25, -0.2) is 0 Å². The van der Waals surface area contributed by atoms with Gasteiger partial charge in [0.1, 0.15) is 5.75 Å². The molecule has 7 heteroatoms. The molecule has 0 N–H and O–H groups in total.